The minimum Gasteiger partial charge on any atom is -0.359 e. The number of hydrogen-bond acceptors (Lipinski definition) is 5. The lowest BCUT2D eigenvalue weighted by Crippen LogP contribution is -2.29. The van der Waals surface area contributed by atoms with E-state index in [-0.39, 0.29) is 11.2 Å². The van der Waals surface area contributed by atoms with Crippen LogP contribution in [0.25, 0.3) is 0 Å². The van der Waals surface area contributed by atoms with Gasteiger partial charge in [-0.1, -0.05) is 0 Å². The van der Waals surface area contributed by atoms with Crippen LogP contribution in [0.5, 0.6) is 0 Å². The highest BCUT2D eigenvalue weighted by molar-refractivity contribution is 7.09. The molecule has 0 aliphatic carbocycles. The SMILES string of the molecule is CNC(C)CNc1nc(C(F)(F)F)ns1. The second-order valence-corrected chi connectivity index (χ2v) is 3.74. The molecule has 0 fully saturated rings. The Hall–Kier alpha value is -0.890. The number of rotatable bonds is 4. The molecule has 0 aliphatic heterocycles. The summed E-state index contributed by atoms with van der Waals surface area (Å²) in [4.78, 5) is 3.33. The van der Waals surface area contributed by atoms with Crippen molar-refractivity contribution in [1.82, 2.24) is 14.7 Å². The number of hydrogen-bond donors (Lipinski definition) is 2. The van der Waals surface area contributed by atoms with Crippen LogP contribution in [0.3, 0.4) is 0 Å². The Labute approximate surface area is 89.1 Å². The van der Waals surface area contributed by atoms with Crippen molar-refractivity contribution >= 4 is 16.7 Å². The molecule has 0 spiro atoms. The number of aromatic nitrogens is 2. The van der Waals surface area contributed by atoms with Crippen molar-refractivity contribution in [2.75, 3.05) is 18.9 Å². The van der Waals surface area contributed by atoms with Crippen LogP contribution in [0.2, 0.25) is 0 Å². The Morgan fingerprint density at radius 2 is 2.13 bits per heavy atom. The first kappa shape index (κ1) is 12.2. The van der Waals surface area contributed by atoms with Crippen LogP contribution in [0.1, 0.15) is 12.7 Å². The van der Waals surface area contributed by atoms with Gasteiger partial charge in [-0.3, -0.25) is 0 Å². The number of nitrogens with one attached hydrogen (secondary N) is 2. The molecular formula is C7H11F3N4S. The molecule has 2 N–H and O–H groups in total. The number of likely N-dealkylation sites (N-methyl/N-ethyl adjacent to an activating group) is 1. The molecule has 15 heavy (non-hydrogen) atoms. The molecule has 4 nitrogen and oxygen atoms in total. The standard InChI is InChI=1S/C7H11F3N4S/c1-4(11-2)3-12-6-13-5(14-15-6)7(8,9)10/h4,11H,3H2,1-2H3,(H,12,13,14). The van der Waals surface area contributed by atoms with Crippen LogP contribution in [-0.2, 0) is 6.18 Å². The van der Waals surface area contributed by atoms with Gasteiger partial charge in [-0.25, -0.2) is 0 Å². The monoisotopic (exact) mass is 240 g/mol. The molecule has 8 heteroatoms. The summed E-state index contributed by atoms with van der Waals surface area (Å²) in [6.45, 7) is 2.40. The van der Waals surface area contributed by atoms with Crippen molar-refractivity contribution in [1.29, 1.82) is 0 Å². The lowest BCUT2D eigenvalue weighted by atomic mass is 10.3. The van der Waals surface area contributed by atoms with E-state index in [0.717, 1.165) is 0 Å². The van der Waals surface area contributed by atoms with Gasteiger partial charge in [-0.2, -0.15) is 22.5 Å². The molecule has 0 radical (unpaired) electrons. The highest BCUT2D eigenvalue weighted by Crippen LogP contribution is 2.28. The minimum atomic E-state index is -4.47. The van der Waals surface area contributed by atoms with Gasteiger partial charge >= 0.3 is 6.18 Å². The van der Waals surface area contributed by atoms with Crippen LogP contribution in [0, 0.1) is 0 Å². The van der Waals surface area contributed by atoms with Crippen LogP contribution < -0.4 is 10.6 Å². The summed E-state index contributed by atoms with van der Waals surface area (Å²) in [7, 11) is 1.77. The fourth-order valence-corrected chi connectivity index (χ4v) is 1.35. The number of halogens is 3. The second-order valence-electron chi connectivity index (χ2n) is 2.99. The van der Waals surface area contributed by atoms with Crippen LogP contribution in [-0.4, -0.2) is 29.0 Å². The van der Waals surface area contributed by atoms with E-state index < -0.39 is 12.0 Å². The van der Waals surface area contributed by atoms with Gasteiger partial charge in [0.05, 0.1) is 0 Å². The van der Waals surface area contributed by atoms with Crippen LogP contribution in [0.4, 0.5) is 18.3 Å². The van der Waals surface area contributed by atoms with Gasteiger partial charge in [0.15, 0.2) is 0 Å². The number of alkyl halides is 3. The number of nitrogens with zero attached hydrogens (tertiary/aromatic N) is 2. The zero-order valence-corrected chi connectivity index (χ0v) is 9.04. The highest BCUT2D eigenvalue weighted by atomic mass is 32.1. The van der Waals surface area contributed by atoms with Gasteiger partial charge in [0.1, 0.15) is 0 Å². The van der Waals surface area contributed by atoms with E-state index in [1.807, 2.05) is 6.92 Å². The average molecular weight is 240 g/mol. The Morgan fingerprint density at radius 1 is 1.47 bits per heavy atom. The van der Waals surface area contributed by atoms with Gasteiger partial charge in [0.2, 0.25) is 11.0 Å². The maximum atomic E-state index is 12.1. The topological polar surface area (TPSA) is 49.8 Å². The summed E-state index contributed by atoms with van der Waals surface area (Å²) >= 11 is 0.709. The molecular weight excluding hydrogens is 229 g/mol. The molecule has 0 saturated carbocycles. The minimum absolute atomic E-state index is 0.156. The van der Waals surface area contributed by atoms with E-state index in [1.54, 1.807) is 7.05 Å². The first-order valence-corrected chi connectivity index (χ1v) is 5.03. The van der Waals surface area contributed by atoms with Crippen LogP contribution in [0.15, 0.2) is 0 Å². The summed E-state index contributed by atoms with van der Waals surface area (Å²) in [6.07, 6.45) is -4.47. The fourth-order valence-electron chi connectivity index (χ4n) is 0.753. The van der Waals surface area contributed by atoms with Crippen LogP contribution >= 0.6 is 11.5 Å². The van der Waals surface area contributed by atoms with E-state index in [2.05, 4.69) is 20.0 Å². The van der Waals surface area contributed by atoms with Crippen molar-refractivity contribution in [3.8, 4) is 0 Å². The van der Waals surface area contributed by atoms with E-state index in [0.29, 0.717) is 18.1 Å². The Kier molecular flexibility index (Phi) is 3.86. The molecule has 86 valence electrons. The molecule has 1 aromatic rings. The quantitative estimate of drug-likeness (QED) is 0.839. The first-order chi connectivity index (χ1) is 6.93. The smallest absolute Gasteiger partial charge is 0.359 e. The van der Waals surface area contributed by atoms with Gasteiger partial charge in [-0.05, 0) is 14.0 Å². The van der Waals surface area contributed by atoms with Gasteiger partial charge < -0.3 is 10.6 Å². The van der Waals surface area contributed by atoms with Gasteiger partial charge in [0.25, 0.3) is 0 Å². The maximum Gasteiger partial charge on any atom is 0.452 e. The fraction of sp³-hybridized carbons (Fsp3) is 0.714. The molecule has 1 heterocycles. The van der Waals surface area contributed by atoms with Crippen molar-refractivity contribution < 1.29 is 13.2 Å². The maximum absolute atomic E-state index is 12.1. The Balaban J connectivity index is 2.54. The molecule has 0 aliphatic rings. The van der Waals surface area contributed by atoms with Gasteiger partial charge in [0, 0.05) is 24.1 Å². The zero-order chi connectivity index (χ0) is 11.5. The second kappa shape index (κ2) is 4.75. The Morgan fingerprint density at radius 3 is 2.60 bits per heavy atom. The van der Waals surface area contributed by atoms with Crippen molar-refractivity contribution in [2.45, 2.75) is 19.1 Å². The molecule has 1 unspecified atom stereocenters. The lowest BCUT2D eigenvalue weighted by molar-refractivity contribution is -0.144. The largest absolute Gasteiger partial charge is 0.452 e. The molecule has 0 amide bonds. The highest BCUT2D eigenvalue weighted by Gasteiger charge is 2.36. The Bertz CT molecular complexity index is 311. The summed E-state index contributed by atoms with van der Waals surface area (Å²) in [5.41, 5.74) is 0. The first-order valence-electron chi connectivity index (χ1n) is 4.25. The van der Waals surface area contributed by atoms with Crippen molar-refractivity contribution in [3.05, 3.63) is 5.82 Å². The molecule has 0 aromatic carbocycles. The third kappa shape index (κ3) is 3.63. The van der Waals surface area contributed by atoms with E-state index >= 15 is 0 Å². The van der Waals surface area contributed by atoms with E-state index in [4.69, 9.17) is 0 Å². The average Bonchev–Trinajstić information content (AvgIpc) is 2.61. The summed E-state index contributed by atoms with van der Waals surface area (Å²) in [5.74, 6) is -1.09. The predicted molar refractivity (Wildman–Crippen MR) is 51.9 cm³/mol. The van der Waals surface area contributed by atoms with E-state index in [1.165, 1.54) is 0 Å². The molecule has 0 saturated heterocycles. The summed E-state index contributed by atoms with van der Waals surface area (Å²) < 4.78 is 39.5. The number of anilines is 1. The van der Waals surface area contributed by atoms with E-state index in [9.17, 15) is 13.2 Å². The van der Waals surface area contributed by atoms with Gasteiger partial charge in [-0.15, -0.1) is 0 Å². The third-order valence-electron chi connectivity index (χ3n) is 1.73. The van der Waals surface area contributed by atoms with Crippen molar-refractivity contribution in [3.63, 3.8) is 0 Å². The third-order valence-corrected chi connectivity index (χ3v) is 2.40. The lowest BCUT2D eigenvalue weighted by Gasteiger charge is -2.09. The molecule has 1 atom stereocenters. The molecule has 1 aromatic heterocycles. The summed E-state index contributed by atoms with van der Waals surface area (Å²) in [6, 6.07) is 0.156. The predicted octanol–water partition coefficient (Wildman–Crippen LogP) is 1.58. The summed E-state index contributed by atoms with van der Waals surface area (Å²) in [5, 5.41) is 5.90. The van der Waals surface area contributed by atoms with Crippen molar-refractivity contribution in [2.24, 2.45) is 0 Å². The zero-order valence-electron chi connectivity index (χ0n) is 8.22. The normalized spacial score (nSPS) is 13.9. The molecule has 1 rings (SSSR count). The molecule has 0 bridgehead atoms.